The maximum Gasteiger partial charge on any atom is 0.179 e. The molecular formula is C29H35N7O4SSi. The molecule has 3 heterocycles. The number of fused-ring (bicyclic) bond motifs is 1. The van der Waals surface area contributed by atoms with Gasteiger partial charge < -0.3 is 9.47 Å². The molecule has 0 amide bonds. The van der Waals surface area contributed by atoms with Crippen molar-refractivity contribution >= 4 is 28.9 Å². The molecule has 0 spiro atoms. The standard InChI is InChI=1S/C29H35N7O4SSi/c1-6-41(37,38)23-12-10-22(11-13-23)40-27-19-25-26(17-21(27)18-28-32-34-35(2)33-28)36(20-39-15-16-42(3,4)5)29(31-25)24-9-7-8-14-30-24/h7-14,17,19H,6,15-16,18,20H2,1-5H3. The normalized spacial score (nSPS) is 12.2. The van der Waals surface area contributed by atoms with Crippen LogP contribution in [0.1, 0.15) is 18.3 Å². The van der Waals surface area contributed by atoms with E-state index < -0.39 is 17.9 Å². The lowest BCUT2D eigenvalue weighted by atomic mass is 10.1. The molecule has 13 heteroatoms. The van der Waals surface area contributed by atoms with Gasteiger partial charge in [0.2, 0.25) is 0 Å². The zero-order valence-electron chi connectivity index (χ0n) is 24.5. The Morgan fingerprint density at radius 3 is 2.45 bits per heavy atom. The Hall–Kier alpha value is -3.94. The maximum atomic E-state index is 12.3. The van der Waals surface area contributed by atoms with Crippen LogP contribution in [0.15, 0.2) is 65.7 Å². The minimum absolute atomic E-state index is 0.0300. The van der Waals surface area contributed by atoms with Crippen LogP contribution >= 0.6 is 0 Å². The van der Waals surface area contributed by atoms with Gasteiger partial charge in [-0.25, -0.2) is 13.4 Å². The van der Waals surface area contributed by atoms with E-state index in [1.54, 1.807) is 44.4 Å². The van der Waals surface area contributed by atoms with Crippen molar-refractivity contribution in [1.29, 1.82) is 0 Å². The summed E-state index contributed by atoms with van der Waals surface area (Å²) >= 11 is 0. The summed E-state index contributed by atoms with van der Waals surface area (Å²) in [7, 11) is -2.86. The number of hydrogen-bond donors (Lipinski definition) is 0. The first kappa shape index (κ1) is 29.5. The quantitative estimate of drug-likeness (QED) is 0.141. The molecule has 0 bridgehead atoms. The molecule has 0 radical (unpaired) electrons. The molecule has 2 aromatic carbocycles. The molecule has 0 saturated heterocycles. The summed E-state index contributed by atoms with van der Waals surface area (Å²) in [6.07, 6.45) is 2.11. The molecule has 3 aromatic heterocycles. The smallest absolute Gasteiger partial charge is 0.179 e. The summed E-state index contributed by atoms with van der Waals surface area (Å²) in [6, 6.07) is 17.1. The summed E-state index contributed by atoms with van der Waals surface area (Å²) in [5.74, 6) is 2.30. The van der Waals surface area contributed by atoms with Gasteiger partial charge in [-0.15, -0.1) is 10.2 Å². The summed E-state index contributed by atoms with van der Waals surface area (Å²) in [5.41, 5.74) is 3.12. The number of pyridine rings is 1. The lowest BCUT2D eigenvalue weighted by molar-refractivity contribution is 0.0909. The van der Waals surface area contributed by atoms with Crippen LogP contribution in [0.2, 0.25) is 25.7 Å². The second-order valence-electron chi connectivity index (χ2n) is 11.2. The van der Waals surface area contributed by atoms with Crippen LogP contribution in [0.3, 0.4) is 0 Å². The van der Waals surface area contributed by atoms with Crippen molar-refractivity contribution in [3.8, 4) is 23.0 Å². The van der Waals surface area contributed by atoms with Crippen molar-refractivity contribution in [2.24, 2.45) is 7.05 Å². The largest absolute Gasteiger partial charge is 0.457 e. The number of aromatic nitrogens is 7. The SMILES string of the molecule is CCS(=O)(=O)c1ccc(Oc2cc3nc(-c4ccccn4)n(COCC[Si](C)(C)C)c3cc2Cc2nnn(C)n2)cc1. The Kier molecular flexibility index (Phi) is 8.52. The Balaban J connectivity index is 1.57. The third kappa shape index (κ3) is 6.91. The number of hydrogen-bond acceptors (Lipinski definition) is 9. The van der Waals surface area contributed by atoms with Crippen LogP contribution in [0, 0.1) is 0 Å². The zero-order chi connectivity index (χ0) is 29.9. The molecule has 5 rings (SSSR count). The Morgan fingerprint density at radius 2 is 1.81 bits per heavy atom. The predicted octanol–water partition coefficient (Wildman–Crippen LogP) is 5.11. The molecule has 0 saturated carbocycles. The van der Waals surface area contributed by atoms with Crippen molar-refractivity contribution in [3.05, 3.63) is 72.2 Å². The van der Waals surface area contributed by atoms with E-state index >= 15 is 0 Å². The maximum absolute atomic E-state index is 12.3. The van der Waals surface area contributed by atoms with Gasteiger partial charge in [-0.2, -0.15) is 4.80 Å². The van der Waals surface area contributed by atoms with Crippen LogP contribution in [0.5, 0.6) is 11.5 Å². The molecule has 0 fully saturated rings. The summed E-state index contributed by atoms with van der Waals surface area (Å²) in [6.45, 7) is 9.59. The Bertz CT molecular complexity index is 1780. The molecule has 0 atom stereocenters. The summed E-state index contributed by atoms with van der Waals surface area (Å²) < 4.78 is 39.1. The third-order valence-corrected chi connectivity index (χ3v) is 10.2. The van der Waals surface area contributed by atoms with Gasteiger partial charge in [0.25, 0.3) is 0 Å². The number of ether oxygens (including phenoxy) is 2. The molecular weight excluding hydrogens is 571 g/mol. The van der Waals surface area contributed by atoms with Gasteiger partial charge in [-0.3, -0.25) is 9.55 Å². The van der Waals surface area contributed by atoms with Crippen molar-refractivity contribution in [1.82, 2.24) is 34.7 Å². The highest BCUT2D eigenvalue weighted by molar-refractivity contribution is 7.91. The van der Waals surface area contributed by atoms with E-state index in [1.807, 2.05) is 34.9 Å². The first-order chi connectivity index (χ1) is 20.0. The highest BCUT2D eigenvalue weighted by atomic mass is 32.2. The van der Waals surface area contributed by atoms with E-state index in [4.69, 9.17) is 14.5 Å². The van der Waals surface area contributed by atoms with Gasteiger partial charge in [0.05, 0.1) is 28.7 Å². The highest BCUT2D eigenvalue weighted by Gasteiger charge is 2.20. The van der Waals surface area contributed by atoms with Gasteiger partial charge in [0.15, 0.2) is 21.5 Å². The third-order valence-electron chi connectivity index (χ3n) is 6.73. The molecule has 42 heavy (non-hydrogen) atoms. The van der Waals surface area contributed by atoms with Gasteiger partial charge in [-0.05, 0) is 53.7 Å². The Labute approximate surface area is 246 Å². The second-order valence-corrected chi connectivity index (χ2v) is 19.1. The van der Waals surface area contributed by atoms with Crippen LogP contribution in [-0.4, -0.2) is 63.6 Å². The average molecular weight is 606 g/mol. The topological polar surface area (TPSA) is 127 Å². The fourth-order valence-electron chi connectivity index (χ4n) is 4.36. The fraction of sp³-hybridized carbons (Fsp3) is 0.345. The van der Waals surface area contributed by atoms with Gasteiger partial charge in [0, 0.05) is 38.9 Å². The van der Waals surface area contributed by atoms with Gasteiger partial charge in [0.1, 0.15) is 23.9 Å². The average Bonchev–Trinajstić information content (AvgIpc) is 3.53. The van der Waals surface area contributed by atoms with Crippen molar-refractivity contribution in [2.75, 3.05) is 12.4 Å². The lowest BCUT2D eigenvalue weighted by Crippen LogP contribution is -2.22. The molecule has 220 valence electrons. The monoisotopic (exact) mass is 605 g/mol. The van der Waals surface area contributed by atoms with Crippen molar-refractivity contribution in [2.45, 2.75) is 50.7 Å². The van der Waals surface area contributed by atoms with E-state index in [9.17, 15) is 8.42 Å². The number of aryl methyl sites for hydroxylation is 1. The van der Waals surface area contributed by atoms with E-state index in [-0.39, 0.29) is 10.6 Å². The van der Waals surface area contributed by atoms with Crippen molar-refractivity contribution < 1.29 is 17.9 Å². The zero-order valence-corrected chi connectivity index (χ0v) is 26.3. The molecule has 5 aromatic rings. The molecule has 0 unspecified atom stereocenters. The summed E-state index contributed by atoms with van der Waals surface area (Å²) in [4.78, 5) is 11.2. The minimum atomic E-state index is -3.32. The van der Waals surface area contributed by atoms with Crippen LogP contribution in [0.25, 0.3) is 22.6 Å². The number of nitrogens with zero attached hydrogens (tertiary/aromatic N) is 7. The molecule has 0 N–H and O–H groups in total. The molecule has 0 aliphatic rings. The minimum Gasteiger partial charge on any atom is -0.457 e. The van der Waals surface area contributed by atoms with Crippen LogP contribution in [-0.2, 0) is 34.8 Å². The van der Waals surface area contributed by atoms with E-state index in [0.29, 0.717) is 48.4 Å². The number of imidazole rings is 1. The molecule has 0 aliphatic carbocycles. The van der Waals surface area contributed by atoms with E-state index in [0.717, 1.165) is 22.8 Å². The highest BCUT2D eigenvalue weighted by Crippen LogP contribution is 2.34. The predicted molar refractivity (Wildman–Crippen MR) is 163 cm³/mol. The molecule has 11 nitrogen and oxygen atoms in total. The van der Waals surface area contributed by atoms with Crippen molar-refractivity contribution in [3.63, 3.8) is 0 Å². The van der Waals surface area contributed by atoms with E-state index in [1.165, 1.54) is 4.80 Å². The summed E-state index contributed by atoms with van der Waals surface area (Å²) in [5, 5.41) is 12.5. The fourth-order valence-corrected chi connectivity index (χ4v) is 6.00. The van der Waals surface area contributed by atoms with Crippen LogP contribution in [0.4, 0.5) is 0 Å². The number of rotatable bonds is 12. The number of sulfone groups is 1. The number of benzene rings is 2. The number of tetrazole rings is 1. The molecule has 0 aliphatic heterocycles. The van der Waals surface area contributed by atoms with Gasteiger partial charge in [-0.1, -0.05) is 32.6 Å². The van der Waals surface area contributed by atoms with Crippen LogP contribution < -0.4 is 4.74 Å². The van der Waals surface area contributed by atoms with E-state index in [2.05, 4.69) is 40.0 Å². The first-order valence-corrected chi connectivity index (χ1v) is 19.1. The Morgan fingerprint density at radius 1 is 1.02 bits per heavy atom. The van der Waals surface area contributed by atoms with Gasteiger partial charge >= 0.3 is 0 Å². The second kappa shape index (κ2) is 12.1. The lowest BCUT2D eigenvalue weighted by Gasteiger charge is -2.16. The first-order valence-electron chi connectivity index (χ1n) is 13.8.